The highest BCUT2D eigenvalue weighted by molar-refractivity contribution is 6.33. The van der Waals surface area contributed by atoms with Crippen LogP contribution in [0.5, 0.6) is 17.2 Å². The topological polar surface area (TPSA) is 83.5 Å². The molecule has 0 bridgehead atoms. The third-order valence-corrected chi connectivity index (χ3v) is 5.47. The van der Waals surface area contributed by atoms with Crippen LogP contribution in [0.25, 0.3) is 6.08 Å². The molecule has 0 spiro atoms. The molecule has 1 N–H and O–H groups in total. The second kappa shape index (κ2) is 14.5. The summed E-state index contributed by atoms with van der Waals surface area (Å²) >= 11 is 0. The molecule has 0 heterocycles. The summed E-state index contributed by atoms with van der Waals surface area (Å²) in [4.78, 5) is 10.8. The lowest BCUT2D eigenvalue weighted by Crippen LogP contribution is -2.03. The van der Waals surface area contributed by atoms with Gasteiger partial charge in [0.2, 0.25) is 5.75 Å². The quantitative estimate of drug-likeness (QED) is 0.411. The molecule has 1 aromatic carbocycles. The SMILES string of the molecule is COc1cc(/C=C/C(=O)O)c(CCC(C)C)c(OC)c1OC.[SiH3]O[SiH2]O[SiH3]. The third-order valence-electron chi connectivity index (χ3n) is 3.58. The van der Waals surface area contributed by atoms with Crippen LogP contribution < -0.4 is 14.2 Å². The Balaban J connectivity index is 0.00000119. The van der Waals surface area contributed by atoms with Crippen molar-refractivity contribution in [1.82, 2.24) is 0 Å². The van der Waals surface area contributed by atoms with Gasteiger partial charge in [-0.1, -0.05) is 13.8 Å². The molecule has 0 saturated carbocycles. The highest BCUT2D eigenvalue weighted by Gasteiger charge is 2.19. The maximum atomic E-state index is 10.8. The Bertz CT molecular complexity index is 605. The summed E-state index contributed by atoms with van der Waals surface area (Å²) in [5.41, 5.74) is 1.68. The molecule has 0 saturated heterocycles. The summed E-state index contributed by atoms with van der Waals surface area (Å²) in [6.45, 7) is 4.28. The van der Waals surface area contributed by atoms with Crippen LogP contribution in [0.2, 0.25) is 0 Å². The van der Waals surface area contributed by atoms with Crippen molar-refractivity contribution >= 4 is 43.0 Å². The van der Waals surface area contributed by atoms with Crippen LogP contribution in [-0.2, 0) is 19.4 Å². The van der Waals surface area contributed by atoms with Crippen molar-refractivity contribution in [3.63, 3.8) is 0 Å². The van der Waals surface area contributed by atoms with Gasteiger partial charge in [-0.25, -0.2) is 4.79 Å². The molecule has 0 aliphatic heterocycles. The van der Waals surface area contributed by atoms with Gasteiger partial charge in [0.25, 0.3) is 10.0 Å². The van der Waals surface area contributed by atoms with Crippen LogP contribution in [0, 0.1) is 5.92 Å². The van der Waals surface area contributed by atoms with Crippen LogP contribution in [0.15, 0.2) is 12.1 Å². The number of methoxy groups -OCH3 is 3. The smallest absolute Gasteiger partial charge is 0.328 e. The molecule has 0 amide bonds. The van der Waals surface area contributed by atoms with Crippen molar-refractivity contribution in [2.24, 2.45) is 5.92 Å². The maximum Gasteiger partial charge on any atom is 0.328 e. The second-order valence-corrected chi connectivity index (χ2v) is 10.9. The van der Waals surface area contributed by atoms with Crippen molar-refractivity contribution in [1.29, 1.82) is 0 Å². The number of carboxylic acid groups (broad SMARTS) is 1. The Morgan fingerprint density at radius 2 is 1.74 bits per heavy atom. The summed E-state index contributed by atoms with van der Waals surface area (Å²) in [7, 11) is 5.93. The van der Waals surface area contributed by atoms with Crippen LogP contribution in [-0.4, -0.2) is 63.4 Å². The first-order chi connectivity index (χ1) is 12.9. The highest BCUT2D eigenvalue weighted by Crippen LogP contribution is 2.43. The van der Waals surface area contributed by atoms with Gasteiger partial charge in [0.05, 0.1) is 21.3 Å². The van der Waals surface area contributed by atoms with Crippen LogP contribution in [0.1, 0.15) is 31.4 Å². The normalized spacial score (nSPS) is 11.2. The summed E-state index contributed by atoms with van der Waals surface area (Å²) in [5.74, 6) is 1.15. The fourth-order valence-corrected chi connectivity index (χ4v) is 5.42. The van der Waals surface area contributed by atoms with Crippen LogP contribution in [0.4, 0.5) is 0 Å². The van der Waals surface area contributed by atoms with E-state index in [1.54, 1.807) is 26.4 Å². The minimum Gasteiger partial charge on any atom is -0.493 e. The zero-order valence-electron chi connectivity index (χ0n) is 17.3. The number of hydrogen-bond acceptors (Lipinski definition) is 6. The predicted octanol–water partition coefficient (Wildman–Crippen LogP) is -0.0220. The Kier molecular flexibility index (Phi) is 13.6. The molecule has 0 radical (unpaired) electrons. The van der Waals surface area contributed by atoms with E-state index in [2.05, 4.69) is 13.8 Å². The zero-order chi connectivity index (χ0) is 20.8. The summed E-state index contributed by atoms with van der Waals surface area (Å²) in [6, 6.07) is 1.77. The lowest BCUT2D eigenvalue weighted by molar-refractivity contribution is -0.131. The Labute approximate surface area is 170 Å². The zero-order valence-corrected chi connectivity index (χ0v) is 22.7. The standard InChI is InChI=1S/C17H24O5.H8O2Si3/c1-11(2)6-8-13-12(7-9-15(18)19)10-14(20-3)17(22-5)16(13)21-4;3-1-5-2-4/h7,9-11H,6,8H2,1-5H3,(H,18,19);5H2,3-4H3/b9-7+;. The third kappa shape index (κ3) is 9.24. The van der Waals surface area contributed by atoms with Gasteiger partial charge in [-0.15, -0.1) is 0 Å². The molecule has 7 nitrogen and oxygen atoms in total. The summed E-state index contributed by atoms with van der Waals surface area (Å²) < 4.78 is 25.8. The van der Waals surface area contributed by atoms with E-state index in [9.17, 15) is 4.79 Å². The van der Waals surface area contributed by atoms with Gasteiger partial charge in [0.1, 0.15) is 21.0 Å². The van der Waals surface area contributed by atoms with E-state index in [1.807, 2.05) is 0 Å². The largest absolute Gasteiger partial charge is 0.493 e. The number of carbonyl (C=O) groups is 1. The first-order valence-corrected chi connectivity index (χ1v) is 11.4. The number of ether oxygens (including phenoxy) is 3. The average molecular weight is 433 g/mol. The number of hydrogen-bond donors (Lipinski definition) is 1. The Morgan fingerprint density at radius 1 is 1.15 bits per heavy atom. The molecule has 1 aromatic rings. The fraction of sp³-hybridized carbons (Fsp3) is 0.471. The fourth-order valence-electron chi connectivity index (χ4n) is 2.35. The molecule has 0 aliphatic carbocycles. The minimum atomic E-state index is -0.997. The molecule has 0 atom stereocenters. The first-order valence-electron chi connectivity index (χ1n) is 8.56. The first kappa shape index (κ1) is 25.4. The molecule has 0 fully saturated rings. The van der Waals surface area contributed by atoms with Crippen molar-refractivity contribution in [3.8, 4) is 17.2 Å². The lowest BCUT2D eigenvalue weighted by Gasteiger charge is -2.19. The van der Waals surface area contributed by atoms with Crippen molar-refractivity contribution < 1.29 is 32.3 Å². The van der Waals surface area contributed by atoms with Crippen LogP contribution in [0.3, 0.4) is 0 Å². The molecule has 27 heavy (non-hydrogen) atoms. The van der Waals surface area contributed by atoms with Gasteiger partial charge in [-0.05, 0) is 36.5 Å². The van der Waals surface area contributed by atoms with Gasteiger partial charge < -0.3 is 27.5 Å². The van der Waals surface area contributed by atoms with Gasteiger partial charge in [0.15, 0.2) is 11.5 Å². The van der Waals surface area contributed by atoms with Crippen LogP contribution >= 0.6 is 0 Å². The highest BCUT2D eigenvalue weighted by atomic mass is 28.3. The number of benzene rings is 1. The van der Waals surface area contributed by atoms with E-state index in [0.29, 0.717) is 23.2 Å². The van der Waals surface area contributed by atoms with Gasteiger partial charge >= 0.3 is 5.97 Å². The molecule has 1 rings (SSSR count). The average Bonchev–Trinajstić information content (AvgIpc) is 2.64. The minimum absolute atomic E-state index is 0.444. The molecular weight excluding hydrogens is 400 g/mol. The molecule has 0 aliphatic rings. The number of carboxylic acids is 1. The second-order valence-electron chi connectivity index (χ2n) is 6.01. The summed E-state index contributed by atoms with van der Waals surface area (Å²) in [6.07, 6.45) is 4.39. The van der Waals surface area contributed by atoms with E-state index in [0.717, 1.165) is 51.0 Å². The molecular formula is C17H32O7Si3. The maximum absolute atomic E-state index is 10.8. The Hall–Kier alpha value is -1.60. The van der Waals surface area contributed by atoms with Gasteiger partial charge in [-0.2, -0.15) is 0 Å². The number of rotatable bonds is 10. The Morgan fingerprint density at radius 3 is 2.11 bits per heavy atom. The molecule has 0 unspecified atom stereocenters. The van der Waals surface area contributed by atoms with E-state index in [1.165, 1.54) is 7.11 Å². The molecule has 0 aromatic heterocycles. The van der Waals surface area contributed by atoms with E-state index >= 15 is 0 Å². The monoisotopic (exact) mass is 432 g/mol. The van der Waals surface area contributed by atoms with E-state index < -0.39 is 16.0 Å². The number of aliphatic carboxylic acids is 1. The predicted molar refractivity (Wildman–Crippen MR) is 117 cm³/mol. The van der Waals surface area contributed by atoms with Crippen molar-refractivity contribution in [2.75, 3.05) is 21.3 Å². The summed E-state index contributed by atoms with van der Waals surface area (Å²) in [5, 5.41) is 8.86. The lowest BCUT2D eigenvalue weighted by atomic mass is 9.96. The van der Waals surface area contributed by atoms with Crippen molar-refractivity contribution in [2.45, 2.75) is 26.7 Å². The van der Waals surface area contributed by atoms with E-state index in [-0.39, 0.29) is 0 Å². The molecule has 10 heteroatoms. The van der Waals surface area contributed by atoms with Gasteiger partial charge in [0, 0.05) is 11.6 Å². The van der Waals surface area contributed by atoms with E-state index in [4.69, 9.17) is 27.5 Å². The van der Waals surface area contributed by atoms with Gasteiger partial charge in [-0.3, -0.25) is 0 Å². The van der Waals surface area contributed by atoms with Crippen molar-refractivity contribution in [3.05, 3.63) is 23.3 Å². The molecule has 154 valence electrons.